The zero-order chi connectivity index (χ0) is 21.6. The summed E-state index contributed by atoms with van der Waals surface area (Å²) >= 11 is 17.4. The Morgan fingerprint density at radius 2 is 1.69 bits per heavy atom. The number of para-hydroxylation sites is 1. The summed E-state index contributed by atoms with van der Waals surface area (Å²) in [5, 5.41) is 2.49. The first-order chi connectivity index (χ1) is 13.6. The van der Waals surface area contributed by atoms with E-state index in [1.807, 2.05) is 0 Å². The molecule has 156 valence electrons. The van der Waals surface area contributed by atoms with E-state index in [0.29, 0.717) is 0 Å². The van der Waals surface area contributed by atoms with Gasteiger partial charge >= 0.3 is 5.97 Å². The van der Waals surface area contributed by atoms with E-state index in [1.165, 1.54) is 12.1 Å². The average Bonchev–Trinajstić information content (AvgIpc) is 2.65. The molecular weight excluding hydrogens is 470 g/mol. The number of sulfonamides is 1. The van der Waals surface area contributed by atoms with Gasteiger partial charge in [-0.15, -0.1) is 0 Å². The van der Waals surface area contributed by atoms with Crippen molar-refractivity contribution < 1.29 is 27.1 Å². The SMILES string of the molecule is O=C(COC(=O)CCNS(=O)(=O)c1ccc(F)c(Cl)c1)Nc1c(Cl)cccc1Cl. The quantitative estimate of drug-likeness (QED) is 0.558. The first-order valence-corrected chi connectivity index (χ1v) is 10.6. The molecule has 0 unspecified atom stereocenters. The van der Waals surface area contributed by atoms with Crippen LogP contribution in [0.3, 0.4) is 0 Å². The van der Waals surface area contributed by atoms with Crippen LogP contribution in [-0.4, -0.2) is 33.4 Å². The lowest BCUT2D eigenvalue weighted by Crippen LogP contribution is -2.28. The number of anilines is 1. The van der Waals surface area contributed by atoms with Crippen molar-refractivity contribution in [1.29, 1.82) is 0 Å². The van der Waals surface area contributed by atoms with Gasteiger partial charge < -0.3 is 10.1 Å². The number of rotatable bonds is 8. The molecule has 0 radical (unpaired) electrons. The maximum absolute atomic E-state index is 13.1. The van der Waals surface area contributed by atoms with Crippen LogP contribution in [-0.2, 0) is 24.3 Å². The minimum atomic E-state index is -3.99. The molecule has 2 rings (SSSR count). The summed E-state index contributed by atoms with van der Waals surface area (Å²) in [6, 6.07) is 7.54. The molecule has 0 spiro atoms. The van der Waals surface area contributed by atoms with Crippen LogP contribution >= 0.6 is 34.8 Å². The van der Waals surface area contributed by atoms with Crippen LogP contribution in [0.5, 0.6) is 0 Å². The second kappa shape index (κ2) is 10.2. The maximum Gasteiger partial charge on any atom is 0.307 e. The number of ether oxygens (including phenoxy) is 1. The van der Waals surface area contributed by atoms with Gasteiger partial charge in [-0.1, -0.05) is 40.9 Å². The minimum Gasteiger partial charge on any atom is -0.456 e. The third kappa shape index (κ3) is 6.83. The molecule has 0 saturated carbocycles. The first-order valence-electron chi connectivity index (χ1n) is 7.94. The van der Waals surface area contributed by atoms with E-state index in [2.05, 4.69) is 10.0 Å². The molecule has 7 nitrogen and oxygen atoms in total. The lowest BCUT2D eigenvalue weighted by Gasteiger charge is -2.10. The van der Waals surface area contributed by atoms with Crippen LogP contribution in [0, 0.1) is 5.82 Å². The predicted molar refractivity (Wildman–Crippen MR) is 107 cm³/mol. The number of benzene rings is 2. The zero-order valence-corrected chi connectivity index (χ0v) is 17.6. The Balaban J connectivity index is 1.79. The van der Waals surface area contributed by atoms with E-state index < -0.39 is 34.3 Å². The molecular formula is C17H14Cl3FN2O5S. The molecule has 2 N–H and O–H groups in total. The van der Waals surface area contributed by atoms with Crippen LogP contribution in [0.15, 0.2) is 41.3 Å². The highest BCUT2D eigenvalue weighted by Gasteiger charge is 2.17. The second-order valence-corrected chi connectivity index (χ2v) is 8.52. The van der Waals surface area contributed by atoms with Crippen molar-refractivity contribution in [2.75, 3.05) is 18.5 Å². The van der Waals surface area contributed by atoms with Crippen molar-refractivity contribution >= 4 is 62.4 Å². The lowest BCUT2D eigenvalue weighted by atomic mass is 10.3. The molecule has 0 atom stereocenters. The molecule has 2 aromatic rings. The fraction of sp³-hybridized carbons (Fsp3) is 0.176. The van der Waals surface area contributed by atoms with Gasteiger partial charge in [-0.2, -0.15) is 0 Å². The summed E-state index contributed by atoms with van der Waals surface area (Å²) in [5.74, 6) is -2.24. The van der Waals surface area contributed by atoms with Crippen molar-refractivity contribution in [3.63, 3.8) is 0 Å². The number of amides is 1. The van der Waals surface area contributed by atoms with E-state index in [4.69, 9.17) is 39.5 Å². The molecule has 0 saturated heterocycles. The van der Waals surface area contributed by atoms with E-state index in [9.17, 15) is 22.4 Å². The Morgan fingerprint density at radius 1 is 1.03 bits per heavy atom. The molecule has 0 aliphatic carbocycles. The fourth-order valence-corrected chi connectivity index (χ4v) is 3.82. The summed E-state index contributed by atoms with van der Waals surface area (Å²) in [4.78, 5) is 23.3. The zero-order valence-electron chi connectivity index (χ0n) is 14.5. The van der Waals surface area contributed by atoms with Crippen LogP contribution in [0.25, 0.3) is 0 Å². The van der Waals surface area contributed by atoms with Gasteiger partial charge in [0.15, 0.2) is 6.61 Å². The van der Waals surface area contributed by atoms with Gasteiger partial charge in [-0.3, -0.25) is 9.59 Å². The van der Waals surface area contributed by atoms with Crippen molar-refractivity contribution in [2.24, 2.45) is 0 Å². The molecule has 0 aromatic heterocycles. The predicted octanol–water partition coefficient (Wildman–Crippen LogP) is 3.64. The molecule has 0 bridgehead atoms. The highest BCUT2D eigenvalue weighted by Crippen LogP contribution is 2.29. The first kappa shape index (κ1) is 23.4. The largest absolute Gasteiger partial charge is 0.456 e. The Morgan fingerprint density at radius 3 is 2.31 bits per heavy atom. The molecule has 0 aliphatic rings. The number of hydrogen-bond acceptors (Lipinski definition) is 5. The molecule has 12 heteroatoms. The minimum absolute atomic E-state index is 0.183. The van der Waals surface area contributed by atoms with Gasteiger partial charge in [0.25, 0.3) is 5.91 Å². The molecule has 29 heavy (non-hydrogen) atoms. The summed E-state index contributed by atoms with van der Waals surface area (Å²) in [7, 11) is -3.99. The summed E-state index contributed by atoms with van der Waals surface area (Å²) in [5.41, 5.74) is 0.183. The Bertz CT molecular complexity index is 1010. The fourth-order valence-electron chi connectivity index (χ4n) is 2.03. The third-order valence-electron chi connectivity index (χ3n) is 3.41. The number of hydrogen-bond donors (Lipinski definition) is 2. The smallest absolute Gasteiger partial charge is 0.307 e. The van der Waals surface area contributed by atoms with Gasteiger partial charge in [0.05, 0.1) is 32.1 Å². The normalized spacial score (nSPS) is 11.2. The molecule has 2 aromatic carbocycles. The Hall–Kier alpha value is -1.91. The van der Waals surface area contributed by atoms with Crippen molar-refractivity contribution in [3.8, 4) is 0 Å². The number of carbonyl (C=O) groups excluding carboxylic acids is 2. The summed E-state index contributed by atoms with van der Waals surface area (Å²) in [6.45, 7) is -0.908. The van der Waals surface area contributed by atoms with Gasteiger partial charge in [0.2, 0.25) is 10.0 Å². The van der Waals surface area contributed by atoms with Gasteiger partial charge in [0.1, 0.15) is 5.82 Å². The van der Waals surface area contributed by atoms with Crippen LogP contribution in [0.2, 0.25) is 15.1 Å². The number of carbonyl (C=O) groups is 2. The molecule has 0 heterocycles. The Labute approximate surface area is 181 Å². The highest BCUT2D eigenvalue weighted by molar-refractivity contribution is 7.89. The van der Waals surface area contributed by atoms with E-state index in [0.717, 1.165) is 18.2 Å². The topological polar surface area (TPSA) is 102 Å². The lowest BCUT2D eigenvalue weighted by molar-refractivity contribution is -0.147. The van der Waals surface area contributed by atoms with Crippen molar-refractivity contribution in [2.45, 2.75) is 11.3 Å². The standard InChI is InChI=1S/C17H14Cl3FN2O5S/c18-11-2-1-3-12(19)17(11)23-15(24)9-28-16(25)6-7-22-29(26,27)10-4-5-14(21)13(20)8-10/h1-5,8,22H,6-7,9H2,(H,23,24). The molecule has 1 amide bonds. The van der Waals surface area contributed by atoms with E-state index in [1.54, 1.807) is 6.07 Å². The maximum atomic E-state index is 13.1. The monoisotopic (exact) mass is 482 g/mol. The Kier molecular flexibility index (Phi) is 8.23. The number of nitrogens with one attached hydrogen (secondary N) is 2. The second-order valence-electron chi connectivity index (χ2n) is 5.53. The highest BCUT2D eigenvalue weighted by atomic mass is 35.5. The van der Waals surface area contributed by atoms with Crippen molar-refractivity contribution in [1.82, 2.24) is 4.72 Å². The third-order valence-corrected chi connectivity index (χ3v) is 5.79. The van der Waals surface area contributed by atoms with E-state index >= 15 is 0 Å². The molecule has 0 fully saturated rings. The molecule has 0 aliphatic heterocycles. The summed E-state index contributed by atoms with van der Waals surface area (Å²) < 4.78 is 44.2. The van der Waals surface area contributed by atoms with Crippen LogP contribution in [0.1, 0.15) is 6.42 Å². The van der Waals surface area contributed by atoms with Gasteiger partial charge in [-0.25, -0.2) is 17.5 Å². The van der Waals surface area contributed by atoms with E-state index in [-0.39, 0.29) is 38.6 Å². The van der Waals surface area contributed by atoms with Gasteiger partial charge in [0, 0.05) is 6.54 Å². The van der Waals surface area contributed by atoms with Crippen LogP contribution in [0.4, 0.5) is 10.1 Å². The summed E-state index contributed by atoms with van der Waals surface area (Å²) in [6.07, 6.45) is -0.339. The average molecular weight is 484 g/mol. The van der Waals surface area contributed by atoms with Crippen molar-refractivity contribution in [3.05, 3.63) is 57.3 Å². The number of halogens is 4. The number of esters is 1. The van der Waals surface area contributed by atoms with Crippen LogP contribution < -0.4 is 10.0 Å². The van der Waals surface area contributed by atoms with Gasteiger partial charge in [-0.05, 0) is 30.3 Å².